The van der Waals surface area contributed by atoms with Crippen LogP contribution in [0.3, 0.4) is 0 Å². The summed E-state index contributed by atoms with van der Waals surface area (Å²) in [6.07, 6.45) is 0. The van der Waals surface area contributed by atoms with Crippen LogP contribution in [0.2, 0.25) is 0 Å². The number of hydrogen-bond donors (Lipinski definition) is 1. The lowest BCUT2D eigenvalue weighted by molar-refractivity contribution is -0.138. The van der Waals surface area contributed by atoms with E-state index in [2.05, 4.69) is 0 Å². The number of carboxylic acids is 1. The molecule has 0 aliphatic carbocycles. The Balaban J connectivity index is 2.41. The van der Waals surface area contributed by atoms with E-state index in [-0.39, 0.29) is 0 Å². The van der Waals surface area contributed by atoms with Gasteiger partial charge in [0.15, 0.2) is 6.04 Å². The highest BCUT2D eigenvalue weighted by Gasteiger charge is 2.26. The summed E-state index contributed by atoms with van der Waals surface area (Å²) in [5.41, 5.74) is 1.71. The first-order valence-electron chi connectivity index (χ1n) is 6.33. The fourth-order valence-electron chi connectivity index (χ4n) is 2.22. The molecule has 2 aromatic carbocycles. The van der Waals surface area contributed by atoms with Crippen LogP contribution in [0, 0.1) is 0 Å². The zero-order valence-corrected chi connectivity index (χ0v) is 10.9. The van der Waals surface area contributed by atoms with Gasteiger partial charge >= 0.3 is 5.97 Å². The van der Waals surface area contributed by atoms with Gasteiger partial charge in [0.25, 0.3) is 0 Å². The Kier molecular flexibility index (Phi) is 4.18. The molecule has 0 radical (unpaired) electrons. The molecule has 0 saturated heterocycles. The summed E-state index contributed by atoms with van der Waals surface area (Å²) >= 11 is 0. The topological polar surface area (TPSA) is 40.5 Å². The van der Waals surface area contributed by atoms with Crippen LogP contribution in [0.1, 0.15) is 18.5 Å². The standard InChI is InChI=1S/C16H17NO2/c1-2-17(14-11-7-4-8-12-14)15(16(18)19)13-9-5-3-6-10-13/h3-12,15H,2H2,1H3,(H,18,19). The van der Waals surface area contributed by atoms with Gasteiger partial charge in [-0.15, -0.1) is 0 Å². The molecule has 0 spiro atoms. The molecule has 0 aliphatic heterocycles. The summed E-state index contributed by atoms with van der Waals surface area (Å²) in [5.74, 6) is -0.836. The molecule has 1 atom stereocenters. The smallest absolute Gasteiger partial charge is 0.331 e. The highest BCUT2D eigenvalue weighted by atomic mass is 16.4. The Hall–Kier alpha value is -2.29. The zero-order valence-electron chi connectivity index (χ0n) is 10.9. The SMILES string of the molecule is CCN(c1ccccc1)C(C(=O)O)c1ccccc1. The van der Waals surface area contributed by atoms with E-state index < -0.39 is 12.0 Å². The third-order valence-corrected chi connectivity index (χ3v) is 3.09. The molecule has 19 heavy (non-hydrogen) atoms. The Labute approximate surface area is 113 Å². The number of nitrogens with zero attached hydrogens (tertiary/aromatic N) is 1. The van der Waals surface area contributed by atoms with E-state index in [1.165, 1.54) is 0 Å². The number of para-hydroxylation sites is 1. The number of rotatable bonds is 5. The van der Waals surface area contributed by atoms with Crippen LogP contribution in [-0.2, 0) is 4.79 Å². The van der Waals surface area contributed by atoms with E-state index in [9.17, 15) is 9.90 Å². The van der Waals surface area contributed by atoms with Gasteiger partial charge in [-0.25, -0.2) is 4.79 Å². The summed E-state index contributed by atoms with van der Waals surface area (Å²) in [5, 5.41) is 9.55. The maximum atomic E-state index is 11.6. The molecule has 0 amide bonds. The third kappa shape index (κ3) is 2.94. The highest BCUT2D eigenvalue weighted by molar-refractivity contribution is 5.80. The van der Waals surface area contributed by atoms with Crippen molar-refractivity contribution in [3.63, 3.8) is 0 Å². The summed E-state index contributed by atoms with van der Waals surface area (Å²) in [6.45, 7) is 2.60. The molecular weight excluding hydrogens is 238 g/mol. The second-order valence-electron chi connectivity index (χ2n) is 4.27. The molecule has 2 aromatic rings. The summed E-state index contributed by atoms with van der Waals surface area (Å²) in [6, 6.07) is 18.3. The Morgan fingerprint density at radius 1 is 1.05 bits per heavy atom. The molecule has 0 saturated carbocycles. The average molecular weight is 255 g/mol. The van der Waals surface area contributed by atoms with Crippen LogP contribution in [0.4, 0.5) is 5.69 Å². The molecule has 0 aromatic heterocycles. The van der Waals surface area contributed by atoms with Crippen molar-refractivity contribution in [1.82, 2.24) is 0 Å². The number of carboxylic acid groups (broad SMARTS) is 1. The molecule has 1 unspecified atom stereocenters. The fourth-order valence-corrected chi connectivity index (χ4v) is 2.22. The van der Waals surface area contributed by atoms with Crippen LogP contribution in [-0.4, -0.2) is 17.6 Å². The van der Waals surface area contributed by atoms with Crippen molar-refractivity contribution >= 4 is 11.7 Å². The van der Waals surface area contributed by atoms with Gasteiger partial charge in [0.1, 0.15) is 0 Å². The lowest BCUT2D eigenvalue weighted by Gasteiger charge is -2.30. The van der Waals surface area contributed by atoms with Crippen LogP contribution in [0.25, 0.3) is 0 Å². The minimum atomic E-state index is -0.836. The summed E-state index contributed by atoms with van der Waals surface area (Å²) in [4.78, 5) is 13.5. The molecular formula is C16H17NO2. The summed E-state index contributed by atoms with van der Waals surface area (Å²) < 4.78 is 0. The molecule has 3 heteroatoms. The highest BCUT2D eigenvalue weighted by Crippen LogP contribution is 2.26. The van der Waals surface area contributed by atoms with Gasteiger partial charge in [0.2, 0.25) is 0 Å². The van der Waals surface area contributed by atoms with Crippen LogP contribution in [0.5, 0.6) is 0 Å². The molecule has 3 nitrogen and oxygen atoms in total. The number of anilines is 1. The molecule has 1 N–H and O–H groups in total. The Morgan fingerprint density at radius 2 is 1.58 bits per heavy atom. The number of aliphatic carboxylic acids is 1. The third-order valence-electron chi connectivity index (χ3n) is 3.09. The molecule has 0 bridgehead atoms. The van der Waals surface area contributed by atoms with E-state index in [4.69, 9.17) is 0 Å². The maximum absolute atomic E-state index is 11.6. The number of likely N-dealkylation sites (N-methyl/N-ethyl adjacent to an activating group) is 1. The zero-order chi connectivity index (χ0) is 13.7. The molecule has 0 aliphatic rings. The van der Waals surface area contributed by atoms with Crippen molar-refractivity contribution in [3.05, 3.63) is 66.2 Å². The largest absolute Gasteiger partial charge is 0.479 e. The number of carbonyl (C=O) groups is 1. The van der Waals surface area contributed by atoms with Gasteiger partial charge in [0.05, 0.1) is 0 Å². The summed E-state index contributed by atoms with van der Waals surface area (Å²) in [7, 11) is 0. The van der Waals surface area contributed by atoms with Gasteiger partial charge in [-0.05, 0) is 24.6 Å². The van der Waals surface area contributed by atoms with Gasteiger partial charge in [-0.1, -0.05) is 48.5 Å². The van der Waals surface area contributed by atoms with Crippen molar-refractivity contribution in [2.24, 2.45) is 0 Å². The normalized spacial score (nSPS) is 11.8. The first-order chi connectivity index (χ1) is 9.24. The minimum Gasteiger partial charge on any atom is -0.479 e. The van der Waals surface area contributed by atoms with E-state index in [0.717, 1.165) is 11.3 Å². The Bertz CT molecular complexity index is 525. The average Bonchev–Trinajstić information content (AvgIpc) is 2.46. The number of hydrogen-bond acceptors (Lipinski definition) is 2. The van der Waals surface area contributed by atoms with Crippen LogP contribution >= 0.6 is 0 Å². The van der Waals surface area contributed by atoms with Crippen molar-refractivity contribution in [3.8, 4) is 0 Å². The lowest BCUT2D eigenvalue weighted by atomic mass is 10.0. The monoisotopic (exact) mass is 255 g/mol. The van der Waals surface area contributed by atoms with Gasteiger partial charge < -0.3 is 10.0 Å². The maximum Gasteiger partial charge on any atom is 0.331 e. The second-order valence-corrected chi connectivity index (χ2v) is 4.27. The van der Waals surface area contributed by atoms with Crippen molar-refractivity contribution in [1.29, 1.82) is 0 Å². The van der Waals surface area contributed by atoms with Crippen molar-refractivity contribution in [2.75, 3.05) is 11.4 Å². The van der Waals surface area contributed by atoms with E-state index in [0.29, 0.717) is 6.54 Å². The first-order valence-corrected chi connectivity index (χ1v) is 6.33. The van der Waals surface area contributed by atoms with Gasteiger partial charge in [0, 0.05) is 12.2 Å². The van der Waals surface area contributed by atoms with Gasteiger partial charge in [-0.3, -0.25) is 0 Å². The van der Waals surface area contributed by atoms with Crippen molar-refractivity contribution in [2.45, 2.75) is 13.0 Å². The van der Waals surface area contributed by atoms with Crippen LogP contribution < -0.4 is 4.90 Å². The molecule has 2 rings (SSSR count). The fraction of sp³-hybridized carbons (Fsp3) is 0.188. The second kappa shape index (κ2) is 6.05. The first kappa shape index (κ1) is 13.1. The predicted octanol–water partition coefficient (Wildman–Crippen LogP) is 3.34. The molecule has 98 valence electrons. The van der Waals surface area contributed by atoms with E-state index in [1.54, 1.807) is 0 Å². The van der Waals surface area contributed by atoms with E-state index >= 15 is 0 Å². The van der Waals surface area contributed by atoms with Gasteiger partial charge in [-0.2, -0.15) is 0 Å². The minimum absolute atomic E-state index is 0.635. The quantitative estimate of drug-likeness (QED) is 0.890. The van der Waals surface area contributed by atoms with E-state index in [1.807, 2.05) is 72.5 Å². The Morgan fingerprint density at radius 3 is 2.05 bits per heavy atom. The molecule has 0 heterocycles. The predicted molar refractivity (Wildman–Crippen MR) is 76.3 cm³/mol. The lowest BCUT2D eigenvalue weighted by Crippen LogP contribution is -2.34. The van der Waals surface area contributed by atoms with Crippen molar-refractivity contribution < 1.29 is 9.90 Å². The number of benzene rings is 2. The molecule has 0 fully saturated rings. The van der Waals surface area contributed by atoms with Crippen LogP contribution in [0.15, 0.2) is 60.7 Å².